The molecule has 3 heteroatoms. The summed E-state index contributed by atoms with van der Waals surface area (Å²) in [6.45, 7) is 8.84. The molecule has 2 nitrogen and oxygen atoms in total. The van der Waals surface area contributed by atoms with Crippen LogP contribution in [0, 0.1) is 0 Å². The van der Waals surface area contributed by atoms with E-state index in [9.17, 15) is 0 Å². The van der Waals surface area contributed by atoms with Crippen molar-refractivity contribution in [2.75, 3.05) is 11.4 Å². The third-order valence-electron chi connectivity index (χ3n) is 3.60. The van der Waals surface area contributed by atoms with Crippen molar-refractivity contribution in [2.24, 2.45) is 0 Å². The van der Waals surface area contributed by atoms with Crippen LogP contribution in [0.1, 0.15) is 39.2 Å². The fourth-order valence-electron chi connectivity index (χ4n) is 2.58. The Labute approximate surface area is 119 Å². The van der Waals surface area contributed by atoms with E-state index in [-0.39, 0.29) is 0 Å². The molecule has 0 amide bonds. The van der Waals surface area contributed by atoms with Crippen molar-refractivity contribution < 1.29 is 0 Å². The minimum Gasteiger partial charge on any atom is -0.369 e. The first-order valence-electron chi connectivity index (χ1n) is 6.86. The van der Waals surface area contributed by atoms with Gasteiger partial charge in [-0.1, -0.05) is 29.8 Å². The minimum atomic E-state index is 0.521. The van der Waals surface area contributed by atoms with Crippen LogP contribution in [0.5, 0.6) is 0 Å². The van der Waals surface area contributed by atoms with Gasteiger partial charge >= 0.3 is 0 Å². The number of anilines is 1. The zero-order chi connectivity index (χ0) is 13.1. The van der Waals surface area contributed by atoms with Crippen molar-refractivity contribution in [3.05, 3.63) is 28.2 Å². The van der Waals surface area contributed by atoms with E-state index in [0.717, 1.165) is 6.54 Å². The molecule has 0 spiro atoms. The molecule has 1 saturated heterocycles. The zero-order valence-electron chi connectivity index (χ0n) is 11.5. The van der Waals surface area contributed by atoms with Crippen molar-refractivity contribution in [2.45, 2.75) is 52.2 Å². The lowest BCUT2D eigenvalue weighted by molar-refractivity contribution is 0.587. The molecule has 1 aliphatic heterocycles. The molecule has 1 heterocycles. The molecule has 0 bridgehead atoms. The highest BCUT2D eigenvalue weighted by atomic mass is 79.9. The van der Waals surface area contributed by atoms with Crippen LogP contribution in [0.15, 0.2) is 22.7 Å². The van der Waals surface area contributed by atoms with Crippen LogP contribution in [0.4, 0.5) is 5.69 Å². The van der Waals surface area contributed by atoms with E-state index in [2.05, 4.69) is 65.1 Å². The van der Waals surface area contributed by atoms with E-state index in [1.807, 2.05) is 0 Å². The van der Waals surface area contributed by atoms with Crippen molar-refractivity contribution in [3.8, 4) is 0 Å². The predicted molar refractivity (Wildman–Crippen MR) is 82.2 cm³/mol. The second-order valence-electron chi connectivity index (χ2n) is 5.49. The smallest absolute Gasteiger partial charge is 0.0415 e. The maximum atomic E-state index is 3.58. The Hall–Kier alpha value is -0.540. The van der Waals surface area contributed by atoms with Gasteiger partial charge in [0.1, 0.15) is 0 Å². The zero-order valence-corrected chi connectivity index (χ0v) is 13.1. The highest BCUT2D eigenvalue weighted by Crippen LogP contribution is 2.30. The molecule has 0 radical (unpaired) electrons. The number of hydrogen-bond donors (Lipinski definition) is 1. The van der Waals surface area contributed by atoms with E-state index in [4.69, 9.17) is 0 Å². The summed E-state index contributed by atoms with van der Waals surface area (Å²) in [5, 5.41) is 3.52. The van der Waals surface area contributed by atoms with E-state index >= 15 is 0 Å². The monoisotopic (exact) mass is 310 g/mol. The van der Waals surface area contributed by atoms with Gasteiger partial charge in [0.25, 0.3) is 0 Å². The average molecular weight is 311 g/mol. The van der Waals surface area contributed by atoms with E-state index < -0.39 is 0 Å². The number of nitrogens with zero attached hydrogens (tertiary/aromatic N) is 1. The molecule has 0 aliphatic carbocycles. The van der Waals surface area contributed by atoms with Crippen LogP contribution in [-0.2, 0) is 6.54 Å². The van der Waals surface area contributed by atoms with Gasteiger partial charge in [0.05, 0.1) is 0 Å². The van der Waals surface area contributed by atoms with Crippen LogP contribution >= 0.6 is 15.9 Å². The maximum Gasteiger partial charge on any atom is 0.0415 e. The number of hydrogen-bond acceptors (Lipinski definition) is 2. The number of rotatable bonds is 4. The van der Waals surface area contributed by atoms with Gasteiger partial charge in [-0.15, -0.1) is 0 Å². The van der Waals surface area contributed by atoms with Crippen molar-refractivity contribution >= 4 is 21.6 Å². The van der Waals surface area contributed by atoms with Crippen molar-refractivity contribution in [3.63, 3.8) is 0 Å². The summed E-state index contributed by atoms with van der Waals surface area (Å²) in [4.78, 5) is 2.55. The molecule has 1 atom stereocenters. The number of benzene rings is 1. The summed E-state index contributed by atoms with van der Waals surface area (Å²) in [6, 6.07) is 7.84. The van der Waals surface area contributed by atoms with E-state index in [1.165, 1.54) is 35.1 Å². The van der Waals surface area contributed by atoms with Gasteiger partial charge in [0, 0.05) is 35.3 Å². The molecule has 1 fully saturated rings. The summed E-state index contributed by atoms with van der Waals surface area (Å²) in [5.74, 6) is 0. The number of halogens is 1. The van der Waals surface area contributed by atoms with Gasteiger partial charge < -0.3 is 10.2 Å². The van der Waals surface area contributed by atoms with Crippen LogP contribution < -0.4 is 10.2 Å². The molecule has 1 N–H and O–H groups in total. The maximum absolute atomic E-state index is 3.58. The van der Waals surface area contributed by atoms with Gasteiger partial charge in [-0.05, 0) is 43.5 Å². The molecule has 18 heavy (non-hydrogen) atoms. The van der Waals surface area contributed by atoms with Crippen molar-refractivity contribution in [1.29, 1.82) is 0 Å². The Kier molecular flexibility index (Phi) is 4.68. The molecular formula is C15H23BrN2. The van der Waals surface area contributed by atoms with Crippen LogP contribution in [-0.4, -0.2) is 18.6 Å². The standard InChI is InChI=1S/C15H23BrN2/c1-11(2)17-10-13-9-14(16)6-7-15(13)18-8-4-5-12(18)3/h6-7,9,11-12,17H,4-5,8,10H2,1-3H3. The normalized spacial score (nSPS) is 19.8. The highest BCUT2D eigenvalue weighted by molar-refractivity contribution is 9.10. The summed E-state index contributed by atoms with van der Waals surface area (Å²) in [7, 11) is 0. The first kappa shape index (κ1) is 13.9. The molecule has 1 aliphatic rings. The quantitative estimate of drug-likeness (QED) is 0.906. The first-order valence-corrected chi connectivity index (χ1v) is 7.65. The molecule has 0 aromatic heterocycles. The van der Waals surface area contributed by atoms with Gasteiger partial charge in [0.2, 0.25) is 0 Å². The lowest BCUT2D eigenvalue weighted by Gasteiger charge is -2.27. The minimum absolute atomic E-state index is 0.521. The van der Waals surface area contributed by atoms with E-state index in [1.54, 1.807) is 0 Å². The third-order valence-corrected chi connectivity index (χ3v) is 4.10. The Balaban J connectivity index is 2.22. The fourth-order valence-corrected chi connectivity index (χ4v) is 2.99. The summed E-state index contributed by atoms with van der Waals surface area (Å²) in [5.41, 5.74) is 2.79. The SMILES string of the molecule is CC(C)NCc1cc(Br)ccc1N1CCCC1C. The summed E-state index contributed by atoms with van der Waals surface area (Å²) in [6.07, 6.45) is 2.63. The molecule has 100 valence electrons. The van der Waals surface area contributed by atoms with Crippen molar-refractivity contribution in [1.82, 2.24) is 5.32 Å². The Bertz CT molecular complexity index is 403. The van der Waals surface area contributed by atoms with Gasteiger partial charge in [0.15, 0.2) is 0 Å². The van der Waals surface area contributed by atoms with E-state index in [0.29, 0.717) is 12.1 Å². The highest BCUT2D eigenvalue weighted by Gasteiger charge is 2.22. The second kappa shape index (κ2) is 6.07. The van der Waals surface area contributed by atoms with Gasteiger partial charge in [-0.2, -0.15) is 0 Å². The van der Waals surface area contributed by atoms with Gasteiger partial charge in [-0.3, -0.25) is 0 Å². The largest absolute Gasteiger partial charge is 0.369 e. The van der Waals surface area contributed by atoms with Crippen LogP contribution in [0.25, 0.3) is 0 Å². The number of nitrogens with one attached hydrogen (secondary N) is 1. The summed E-state index contributed by atoms with van der Waals surface area (Å²) >= 11 is 3.58. The van der Waals surface area contributed by atoms with Crippen LogP contribution in [0.2, 0.25) is 0 Å². The average Bonchev–Trinajstić information content (AvgIpc) is 2.73. The molecule has 1 aromatic rings. The topological polar surface area (TPSA) is 15.3 Å². The lowest BCUT2D eigenvalue weighted by Crippen LogP contribution is -2.29. The molecule has 1 aromatic carbocycles. The molecule has 2 rings (SSSR count). The second-order valence-corrected chi connectivity index (χ2v) is 6.41. The Morgan fingerprint density at radius 3 is 2.83 bits per heavy atom. The summed E-state index contributed by atoms with van der Waals surface area (Å²) < 4.78 is 1.17. The van der Waals surface area contributed by atoms with Gasteiger partial charge in [-0.25, -0.2) is 0 Å². The Morgan fingerprint density at radius 1 is 1.44 bits per heavy atom. The molecule has 1 unspecified atom stereocenters. The predicted octanol–water partition coefficient (Wildman–Crippen LogP) is 3.94. The fraction of sp³-hybridized carbons (Fsp3) is 0.600. The molecule has 0 saturated carbocycles. The molecular weight excluding hydrogens is 288 g/mol. The lowest BCUT2D eigenvalue weighted by atomic mass is 10.1. The van der Waals surface area contributed by atoms with Crippen LogP contribution in [0.3, 0.4) is 0 Å². The first-order chi connectivity index (χ1) is 8.58. The third kappa shape index (κ3) is 3.27. The Morgan fingerprint density at radius 2 is 2.22 bits per heavy atom.